The topological polar surface area (TPSA) is 80.7 Å². The van der Waals surface area contributed by atoms with Gasteiger partial charge in [0.05, 0.1) is 35.1 Å². The highest BCUT2D eigenvalue weighted by atomic mass is 35.5. The largest absolute Gasteiger partial charge is 0.473 e. The fraction of sp³-hybridized carbons (Fsp3) is 0.364. The van der Waals surface area contributed by atoms with E-state index in [2.05, 4.69) is 9.97 Å². The van der Waals surface area contributed by atoms with Crippen LogP contribution in [0.5, 0.6) is 5.88 Å². The second-order valence-corrected chi connectivity index (χ2v) is 7.97. The summed E-state index contributed by atoms with van der Waals surface area (Å²) in [6.45, 7) is 3.38. The Morgan fingerprint density at radius 2 is 2.10 bits per heavy atom. The Balaban J connectivity index is 1.63. The summed E-state index contributed by atoms with van der Waals surface area (Å²) in [7, 11) is 3.88. The summed E-state index contributed by atoms with van der Waals surface area (Å²) in [4.78, 5) is 28.9. The first kappa shape index (κ1) is 21.3. The lowest BCUT2D eigenvalue weighted by Gasteiger charge is -2.32. The molecule has 1 saturated heterocycles. The van der Waals surface area contributed by atoms with Crippen LogP contribution in [0.15, 0.2) is 36.7 Å². The van der Waals surface area contributed by atoms with Crippen molar-refractivity contribution in [3.63, 3.8) is 0 Å². The maximum Gasteiger partial charge on any atom is 0.242 e. The van der Waals surface area contributed by atoms with E-state index in [0.717, 1.165) is 11.3 Å². The quantitative estimate of drug-likeness (QED) is 0.602. The molecule has 0 radical (unpaired) electrons. The summed E-state index contributed by atoms with van der Waals surface area (Å²) in [5.41, 5.74) is 3.70. The highest BCUT2D eigenvalue weighted by Crippen LogP contribution is 2.32. The van der Waals surface area contributed by atoms with Crippen molar-refractivity contribution in [3.8, 4) is 17.1 Å². The molecule has 0 unspecified atom stereocenters. The molecule has 9 heteroatoms. The van der Waals surface area contributed by atoms with Crippen LogP contribution >= 0.6 is 11.6 Å². The first-order chi connectivity index (χ1) is 14.9. The van der Waals surface area contributed by atoms with Gasteiger partial charge in [0.1, 0.15) is 12.7 Å². The van der Waals surface area contributed by atoms with Gasteiger partial charge < -0.3 is 19.3 Å². The summed E-state index contributed by atoms with van der Waals surface area (Å²) in [6, 6.07) is 7.66. The molecular weight excluding hydrogens is 418 g/mol. The standard InChI is InChI=1S/C22H24ClN5O3/c1-14(29)28-8-9-30-16(12-28)13-31-22-21-19(24-6-7-25-21)11-18(26-22)15-4-5-20(27(2)3)17(23)10-15/h4-7,10-11,16H,8-9,12-13H2,1-3H3/t16-/m0/s1. The summed E-state index contributed by atoms with van der Waals surface area (Å²) in [6.07, 6.45) is 3.00. The Labute approximate surface area is 185 Å². The van der Waals surface area contributed by atoms with E-state index < -0.39 is 0 Å². The number of nitrogens with zero attached hydrogens (tertiary/aromatic N) is 5. The van der Waals surface area contributed by atoms with Gasteiger partial charge in [-0.15, -0.1) is 0 Å². The average molecular weight is 442 g/mol. The van der Waals surface area contributed by atoms with Gasteiger partial charge in [-0.3, -0.25) is 9.78 Å². The predicted molar refractivity (Wildman–Crippen MR) is 120 cm³/mol. The molecule has 31 heavy (non-hydrogen) atoms. The maximum atomic E-state index is 11.7. The van der Waals surface area contributed by atoms with Gasteiger partial charge in [-0.2, -0.15) is 0 Å². The number of carbonyl (C=O) groups is 1. The van der Waals surface area contributed by atoms with Crippen molar-refractivity contribution in [2.75, 3.05) is 45.3 Å². The Kier molecular flexibility index (Phi) is 6.20. The van der Waals surface area contributed by atoms with Crippen LogP contribution < -0.4 is 9.64 Å². The highest BCUT2D eigenvalue weighted by Gasteiger charge is 2.23. The second kappa shape index (κ2) is 9.03. The fourth-order valence-corrected chi connectivity index (χ4v) is 3.85. The minimum atomic E-state index is -0.233. The zero-order valence-corrected chi connectivity index (χ0v) is 18.5. The summed E-state index contributed by atoms with van der Waals surface area (Å²) in [5.74, 6) is 0.403. The number of hydrogen-bond donors (Lipinski definition) is 0. The average Bonchev–Trinajstić information content (AvgIpc) is 2.77. The summed E-state index contributed by atoms with van der Waals surface area (Å²) >= 11 is 6.46. The van der Waals surface area contributed by atoms with E-state index in [-0.39, 0.29) is 18.6 Å². The Bertz CT molecular complexity index is 1110. The van der Waals surface area contributed by atoms with E-state index in [0.29, 0.717) is 47.3 Å². The number of benzene rings is 1. The molecule has 0 aliphatic carbocycles. The van der Waals surface area contributed by atoms with Crippen molar-refractivity contribution >= 4 is 34.2 Å². The molecule has 4 rings (SSSR count). The molecule has 2 aromatic heterocycles. The normalized spacial score (nSPS) is 16.4. The number of ether oxygens (including phenoxy) is 2. The molecule has 1 aliphatic rings. The van der Waals surface area contributed by atoms with Gasteiger partial charge in [-0.25, -0.2) is 9.97 Å². The molecule has 1 atom stereocenters. The van der Waals surface area contributed by atoms with Crippen molar-refractivity contribution < 1.29 is 14.3 Å². The van der Waals surface area contributed by atoms with E-state index in [1.165, 1.54) is 0 Å². The third-order valence-electron chi connectivity index (χ3n) is 5.14. The lowest BCUT2D eigenvalue weighted by molar-refractivity contribution is -0.137. The predicted octanol–water partition coefficient (Wildman–Crippen LogP) is 3.04. The van der Waals surface area contributed by atoms with Crippen LogP contribution in [0.4, 0.5) is 5.69 Å². The lowest BCUT2D eigenvalue weighted by Crippen LogP contribution is -2.46. The molecule has 162 valence electrons. The summed E-state index contributed by atoms with van der Waals surface area (Å²) in [5, 5.41) is 0.631. The van der Waals surface area contributed by atoms with Crippen LogP contribution in [0.3, 0.4) is 0 Å². The van der Waals surface area contributed by atoms with Gasteiger partial charge in [0.15, 0.2) is 5.52 Å². The molecule has 1 amide bonds. The van der Waals surface area contributed by atoms with Gasteiger partial charge in [0.2, 0.25) is 11.8 Å². The number of carbonyl (C=O) groups excluding carboxylic acids is 1. The van der Waals surface area contributed by atoms with Gasteiger partial charge in [-0.1, -0.05) is 17.7 Å². The van der Waals surface area contributed by atoms with E-state index in [1.807, 2.05) is 43.3 Å². The third-order valence-corrected chi connectivity index (χ3v) is 5.44. The Morgan fingerprint density at radius 3 is 2.84 bits per heavy atom. The lowest BCUT2D eigenvalue weighted by atomic mass is 10.1. The van der Waals surface area contributed by atoms with Crippen LogP contribution in [-0.4, -0.2) is 72.3 Å². The van der Waals surface area contributed by atoms with E-state index in [1.54, 1.807) is 24.2 Å². The first-order valence-corrected chi connectivity index (χ1v) is 10.4. The number of hydrogen-bond acceptors (Lipinski definition) is 7. The first-order valence-electron chi connectivity index (χ1n) is 10.0. The molecule has 0 bridgehead atoms. The molecule has 1 fully saturated rings. The maximum absolute atomic E-state index is 11.7. The number of morpholine rings is 1. The molecule has 3 aromatic rings. The van der Waals surface area contributed by atoms with Crippen molar-refractivity contribution in [2.24, 2.45) is 0 Å². The zero-order chi connectivity index (χ0) is 22.0. The summed E-state index contributed by atoms with van der Waals surface area (Å²) < 4.78 is 11.8. The van der Waals surface area contributed by atoms with Crippen molar-refractivity contribution in [2.45, 2.75) is 13.0 Å². The smallest absolute Gasteiger partial charge is 0.242 e. The molecule has 0 N–H and O–H groups in total. The zero-order valence-electron chi connectivity index (χ0n) is 17.7. The minimum absolute atomic E-state index is 0.0304. The molecule has 0 saturated carbocycles. The number of rotatable bonds is 5. The van der Waals surface area contributed by atoms with Crippen LogP contribution in [0, 0.1) is 0 Å². The number of amides is 1. The number of halogens is 1. The Hall–Kier alpha value is -2.97. The van der Waals surface area contributed by atoms with Gasteiger partial charge in [0, 0.05) is 45.5 Å². The number of anilines is 1. The van der Waals surface area contributed by atoms with Gasteiger partial charge >= 0.3 is 0 Å². The third kappa shape index (κ3) is 4.70. The van der Waals surface area contributed by atoms with Gasteiger partial charge in [-0.05, 0) is 18.2 Å². The molecule has 1 aliphatic heterocycles. The molecule has 0 spiro atoms. The Morgan fingerprint density at radius 1 is 1.29 bits per heavy atom. The van der Waals surface area contributed by atoms with Crippen molar-refractivity contribution in [1.29, 1.82) is 0 Å². The van der Waals surface area contributed by atoms with Crippen LogP contribution in [0.1, 0.15) is 6.92 Å². The molecular formula is C22H24ClN5O3. The van der Waals surface area contributed by atoms with Gasteiger partial charge in [0.25, 0.3) is 0 Å². The van der Waals surface area contributed by atoms with Crippen molar-refractivity contribution in [3.05, 3.63) is 41.7 Å². The highest BCUT2D eigenvalue weighted by molar-refractivity contribution is 6.33. The molecule has 1 aromatic carbocycles. The van der Waals surface area contributed by atoms with E-state index >= 15 is 0 Å². The van der Waals surface area contributed by atoms with Crippen molar-refractivity contribution in [1.82, 2.24) is 19.9 Å². The SMILES string of the molecule is CC(=O)N1CCO[C@H](COc2nc(-c3ccc(N(C)C)c(Cl)c3)cc3nccnc23)C1. The monoisotopic (exact) mass is 441 g/mol. The molecule has 3 heterocycles. The number of pyridine rings is 1. The second-order valence-electron chi connectivity index (χ2n) is 7.57. The van der Waals surface area contributed by atoms with E-state index in [4.69, 9.17) is 26.1 Å². The minimum Gasteiger partial charge on any atom is -0.473 e. The molecule has 8 nitrogen and oxygen atoms in total. The van der Waals surface area contributed by atoms with E-state index in [9.17, 15) is 4.79 Å². The fourth-order valence-electron chi connectivity index (χ4n) is 3.50. The van der Waals surface area contributed by atoms with Crippen LogP contribution in [-0.2, 0) is 9.53 Å². The van der Waals surface area contributed by atoms with Crippen LogP contribution in [0.2, 0.25) is 5.02 Å². The van der Waals surface area contributed by atoms with Crippen LogP contribution in [0.25, 0.3) is 22.3 Å². The number of fused-ring (bicyclic) bond motifs is 1. The number of aromatic nitrogens is 3.